The molecular weight excluding hydrogens is 399 g/mol. The van der Waals surface area contributed by atoms with Crippen molar-refractivity contribution in [2.75, 3.05) is 24.5 Å². The maximum atomic E-state index is 14.2. The Morgan fingerprint density at radius 3 is 2.68 bits per heavy atom. The first-order valence-corrected chi connectivity index (χ1v) is 10.5. The number of rotatable bonds is 3. The highest BCUT2D eigenvalue weighted by atomic mass is 19.1. The van der Waals surface area contributed by atoms with Crippen LogP contribution in [0.2, 0.25) is 0 Å². The topological polar surface area (TPSA) is 82.4 Å². The number of carbonyl (C=O) groups excluding carboxylic acids is 2. The molecule has 1 saturated heterocycles. The molecule has 2 aliphatic heterocycles. The Labute approximate surface area is 178 Å². The van der Waals surface area contributed by atoms with Gasteiger partial charge in [-0.2, -0.15) is 0 Å². The van der Waals surface area contributed by atoms with Crippen molar-refractivity contribution in [1.82, 2.24) is 15.0 Å². The second-order valence-electron chi connectivity index (χ2n) is 8.24. The van der Waals surface area contributed by atoms with E-state index in [0.717, 1.165) is 5.56 Å². The summed E-state index contributed by atoms with van der Waals surface area (Å²) in [6, 6.07) is 9.79. The summed E-state index contributed by atoms with van der Waals surface area (Å²) in [4.78, 5) is 32.4. The van der Waals surface area contributed by atoms with E-state index in [-0.39, 0.29) is 23.3 Å². The van der Waals surface area contributed by atoms with Crippen molar-refractivity contribution >= 4 is 17.5 Å². The minimum Gasteiger partial charge on any atom is -0.361 e. The number of hydrogen-bond donors (Lipinski definition) is 1. The second kappa shape index (κ2) is 7.37. The minimum atomic E-state index is -0.392. The van der Waals surface area contributed by atoms with E-state index in [0.29, 0.717) is 56.0 Å². The van der Waals surface area contributed by atoms with Gasteiger partial charge in [0.1, 0.15) is 17.3 Å². The van der Waals surface area contributed by atoms with Gasteiger partial charge in [0.2, 0.25) is 0 Å². The van der Waals surface area contributed by atoms with Gasteiger partial charge in [-0.25, -0.2) is 4.39 Å². The molecule has 8 heteroatoms. The fourth-order valence-electron chi connectivity index (χ4n) is 4.74. The van der Waals surface area contributed by atoms with Crippen molar-refractivity contribution < 1.29 is 18.5 Å². The highest BCUT2D eigenvalue weighted by Gasteiger charge is 2.47. The number of anilines is 1. The molecule has 7 nitrogen and oxygen atoms in total. The fourth-order valence-corrected chi connectivity index (χ4v) is 4.74. The molecule has 1 fully saturated rings. The lowest BCUT2D eigenvalue weighted by Gasteiger charge is -2.39. The summed E-state index contributed by atoms with van der Waals surface area (Å²) in [6.07, 6.45) is 3.68. The number of likely N-dealkylation sites (tertiary alicyclic amines) is 1. The van der Waals surface area contributed by atoms with Crippen molar-refractivity contribution in [3.05, 3.63) is 71.1 Å². The average Bonchev–Trinajstić information content (AvgIpc) is 3.54. The third kappa shape index (κ3) is 3.22. The molecule has 0 unspecified atom stereocenters. The molecule has 5 rings (SSSR count). The number of aromatic nitrogens is 2. The molecule has 3 aromatic rings. The van der Waals surface area contributed by atoms with Gasteiger partial charge in [-0.1, -0.05) is 12.1 Å². The number of H-pyrrole nitrogens is 1. The SMILES string of the molecule is CCc1cc(C(=O)N2CC3(CCN(C(=O)c4ccc[nH]4)CC3)c3cc(F)ccc32)no1. The van der Waals surface area contributed by atoms with Crippen molar-refractivity contribution in [2.24, 2.45) is 0 Å². The van der Waals surface area contributed by atoms with Gasteiger partial charge in [0.15, 0.2) is 5.69 Å². The number of nitrogens with zero attached hydrogens (tertiary/aromatic N) is 3. The molecule has 4 heterocycles. The number of fused-ring (bicyclic) bond motifs is 2. The van der Waals surface area contributed by atoms with Crippen LogP contribution in [-0.2, 0) is 11.8 Å². The Morgan fingerprint density at radius 1 is 1.19 bits per heavy atom. The van der Waals surface area contributed by atoms with Crippen LogP contribution in [0.4, 0.5) is 10.1 Å². The number of aryl methyl sites for hydroxylation is 1. The molecule has 0 radical (unpaired) electrons. The minimum absolute atomic E-state index is 0.0417. The number of halogens is 1. The predicted molar refractivity (Wildman–Crippen MR) is 112 cm³/mol. The standard InChI is InChI=1S/C23H23FN4O3/c1-2-16-13-19(26-31-16)22(30)28-14-23(17-12-15(24)5-6-20(17)28)7-10-27(11-8-23)21(29)18-4-3-9-25-18/h3-6,9,12-13,25H,2,7-8,10-11,14H2,1H3. The Morgan fingerprint density at radius 2 is 2.00 bits per heavy atom. The Hall–Kier alpha value is -3.42. The van der Waals surface area contributed by atoms with Crippen LogP contribution in [0.1, 0.15) is 52.1 Å². The van der Waals surface area contributed by atoms with E-state index in [4.69, 9.17) is 4.52 Å². The molecular formula is C23H23FN4O3. The lowest BCUT2D eigenvalue weighted by molar-refractivity contribution is 0.0665. The first-order valence-electron chi connectivity index (χ1n) is 10.5. The lowest BCUT2D eigenvalue weighted by Crippen LogP contribution is -2.48. The van der Waals surface area contributed by atoms with E-state index in [1.807, 2.05) is 11.8 Å². The third-order valence-corrected chi connectivity index (χ3v) is 6.49. The van der Waals surface area contributed by atoms with Gasteiger partial charge in [0, 0.05) is 49.4 Å². The first-order chi connectivity index (χ1) is 15.0. The smallest absolute Gasteiger partial charge is 0.280 e. The monoisotopic (exact) mass is 422 g/mol. The van der Waals surface area contributed by atoms with Gasteiger partial charge in [-0.05, 0) is 48.7 Å². The number of piperidine rings is 1. The van der Waals surface area contributed by atoms with Gasteiger partial charge in [0.25, 0.3) is 11.8 Å². The van der Waals surface area contributed by atoms with Crippen molar-refractivity contribution in [3.8, 4) is 0 Å². The van der Waals surface area contributed by atoms with Gasteiger partial charge >= 0.3 is 0 Å². The Kier molecular flexibility index (Phi) is 4.64. The molecule has 2 aliphatic rings. The van der Waals surface area contributed by atoms with Gasteiger partial charge < -0.3 is 19.3 Å². The summed E-state index contributed by atoms with van der Waals surface area (Å²) in [7, 11) is 0. The number of nitrogens with one attached hydrogen (secondary N) is 1. The van der Waals surface area contributed by atoms with Crippen molar-refractivity contribution in [1.29, 1.82) is 0 Å². The molecule has 31 heavy (non-hydrogen) atoms. The normalized spacial score (nSPS) is 17.2. The molecule has 0 bridgehead atoms. The van der Waals surface area contributed by atoms with Crippen LogP contribution in [0.25, 0.3) is 0 Å². The maximum absolute atomic E-state index is 14.2. The van der Waals surface area contributed by atoms with Gasteiger partial charge in [-0.3, -0.25) is 9.59 Å². The molecule has 160 valence electrons. The highest BCUT2D eigenvalue weighted by Crippen LogP contribution is 2.47. The molecule has 1 spiro atoms. The number of hydrogen-bond acceptors (Lipinski definition) is 4. The Balaban J connectivity index is 1.42. The van der Waals surface area contributed by atoms with Crippen LogP contribution in [0.3, 0.4) is 0 Å². The zero-order chi connectivity index (χ0) is 21.6. The van der Waals surface area contributed by atoms with Crippen molar-refractivity contribution in [3.63, 3.8) is 0 Å². The van der Waals surface area contributed by atoms with E-state index < -0.39 is 5.41 Å². The summed E-state index contributed by atoms with van der Waals surface area (Å²) >= 11 is 0. The third-order valence-electron chi connectivity index (χ3n) is 6.49. The van der Waals surface area contributed by atoms with E-state index in [2.05, 4.69) is 10.1 Å². The molecule has 2 amide bonds. The van der Waals surface area contributed by atoms with Crippen LogP contribution >= 0.6 is 0 Å². The zero-order valence-corrected chi connectivity index (χ0v) is 17.2. The molecule has 2 aromatic heterocycles. The van der Waals surface area contributed by atoms with Crippen LogP contribution in [0.15, 0.2) is 47.1 Å². The zero-order valence-electron chi connectivity index (χ0n) is 17.2. The van der Waals surface area contributed by atoms with Gasteiger partial charge in [-0.15, -0.1) is 0 Å². The Bertz CT molecular complexity index is 1130. The van der Waals surface area contributed by atoms with Gasteiger partial charge in [0.05, 0.1) is 0 Å². The van der Waals surface area contributed by atoms with Crippen LogP contribution < -0.4 is 4.90 Å². The van der Waals surface area contributed by atoms with E-state index in [9.17, 15) is 14.0 Å². The van der Waals surface area contributed by atoms with Crippen molar-refractivity contribution in [2.45, 2.75) is 31.6 Å². The van der Waals surface area contributed by atoms with E-state index in [1.165, 1.54) is 12.1 Å². The number of amides is 2. The first kappa shape index (κ1) is 19.5. The van der Waals surface area contributed by atoms with Crippen LogP contribution in [0, 0.1) is 5.82 Å². The summed E-state index contributed by atoms with van der Waals surface area (Å²) in [5, 5.41) is 3.92. The predicted octanol–water partition coefficient (Wildman–Crippen LogP) is 3.54. The number of carbonyl (C=O) groups is 2. The summed E-state index contributed by atoms with van der Waals surface area (Å²) in [5.41, 5.74) is 1.95. The van der Waals surface area contributed by atoms with E-state index in [1.54, 1.807) is 35.4 Å². The summed E-state index contributed by atoms with van der Waals surface area (Å²) in [6.45, 7) is 3.45. The largest absolute Gasteiger partial charge is 0.361 e. The quantitative estimate of drug-likeness (QED) is 0.700. The van der Waals surface area contributed by atoms with Crippen LogP contribution in [-0.4, -0.2) is 46.5 Å². The number of aromatic amines is 1. The molecule has 1 aromatic carbocycles. The molecule has 0 atom stereocenters. The highest BCUT2D eigenvalue weighted by molar-refractivity contribution is 6.06. The fraction of sp³-hybridized carbons (Fsp3) is 0.348. The maximum Gasteiger partial charge on any atom is 0.280 e. The summed E-state index contributed by atoms with van der Waals surface area (Å²) in [5.74, 6) is 0.0257. The number of benzene rings is 1. The van der Waals surface area contributed by atoms with Crippen LogP contribution in [0.5, 0.6) is 0 Å². The molecule has 0 saturated carbocycles. The molecule has 0 aliphatic carbocycles. The average molecular weight is 422 g/mol. The second-order valence-corrected chi connectivity index (χ2v) is 8.24. The summed E-state index contributed by atoms with van der Waals surface area (Å²) < 4.78 is 19.4. The lowest BCUT2D eigenvalue weighted by atomic mass is 9.74. The molecule has 1 N–H and O–H groups in total. The van der Waals surface area contributed by atoms with E-state index >= 15 is 0 Å².